The monoisotopic (exact) mass is 830 g/mol. The van der Waals surface area contributed by atoms with Crippen LogP contribution in [0.3, 0.4) is 0 Å². The number of benzene rings is 4. The van der Waals surface area contributed by atoms with Gasteiger partial charge in [-0.1, -0.05) is 75.2 Å². The molecule has 0 bridgehead atoms. The van der Waals surface area contributed by atoms with E-state index in [1.54, 1.807) is 0 Å². The number of ether oxygens (including phenoxy) is 2. The molecule has 0 amide bonds. The number of hydrogen-bond donors (Lipinski definition) is 0. The Bertz CT molecular complexity index is 1610. The summed E-state index contributed by atoms with van der Waals surface area (Å²) in [7, 11) is -21.5. The third-order valence-corrected chi connectivity index (χ3v) is 13.2. The molecule has 2 aliphatic rings. The summed E-state index contributed by atoms with van der Waals surface area (Å²) in [6, 6.07) is 35.1. The third kappa shape index (κ3) is 13.9. The van der Waals surface area contributed by atoms with Crippen LogP contribution in [0.15, 0.2) is 117 Å². The summed E-state index contributed by atoms with van der Waals surface area (Å²) in [4.78, 5) is 5.47. The van der Waals surface area contributed by atoms with E-state index >= 15 is 0 Å². The van der Waals surface area contributed by atoms with Crippen LogP contribution in [0.1, 0.15) is 52.4 Å². The average Bonchev–Trinajstić information content (AvgIpc) is 3.01. The fourth-order valence-corrected chi connectivity index (χ4v) is 12.0. The predicted molar refractivity (Wildman–Crippen MR) is 187 cm³/mol. The first kappa shape index (κ1) is 41.9. The van der Waals surface area contributed by atoms with Crippen molar-refractivity contribution in [3.8, 4) is 23.0 Å². The number of unbranched alkanes of at least 4 members (excludes halogenated alkanes) is 2. The van der Waals surface area contributed by atoms with E-state index < -0.39 is 15.6 Å². The predicted octanol–water partition coefficient (Wildman–Crippen LogP) is 16.6. The second-order valence-corrected chi connectivity index (χ2v) is 20.1. The molecule has 0 N–H and O–H groups in total. The van der Waals surface area contributed by atoms with Gasteiger partial charge in [-0.25, -0.2) is 0 Å². The number of halogens is 12. The molecule has 4 aromatic rings. The van der Waals surface area contributed by atoms with Gasteiger partial charge < -0.3 is 9.47 Å². The molecular formula is C34H36F12O2P2S2. The Morgan fingerprint density at radius 2 is 0.635 bits per heavy atom. The summed E-state index contributed by atoms with van der Waals surface area (Å²) >= 11 is 0. The average molecular weight is 831 g/mol. The van der Waals surface area contributed by atoms with Crippen molar-refractivity contribution in [2.45, 2.75) is 82.5 Å². The van der Waals surface area contributed by atoms with Crippen LogP contribution < -0.4 is 9.47 Å². The van der Waals surface area contributed by atoms with E-state index in [9.17, 15) is 50.4 Å². The Morgan fingerprint density at radius 1 is 0.423 bits per heavy atom. The fourth-order valence-electron chi connectivity index (χ4n) is 5.71. The van der Waals surface area contributed by atoms with Gasteiger partial charge in [-0.3, -0.25) is 0 Å². The second kappa shape index (κ2) is 14.1. The van der Waals surface area contributed by atoms with Crippen LogP contribution in [-0.4, -0.2) is 10.5 Å². The quantitative estimate of drug-likeness (QED) is 0.0950. The Kier molecular flexibility index (Phi) is 11.4. The van der Waals surface area contributed by atoms with Crippen LogP contribution in [0.25, 0.3) is 0 Å². The molecule has 4 aromatic carbocycles. The van der Waals surface area contributed by atoms with E-state index in [4.69, 9.17) is 9.47 Å². The van der Waals surface area contributed by atoms with Crippen LogP contribution in [0, 0.1) is 0 Å². The Labute approximate surface area is 299 Å². The van der Waals surface area contributed by atoms with Crippen molar-refractivity contribution in [1.82, 2.24) is 0 Å². The first-order valence-electron chi connectivity index (χ1n) is 16.0. The van der Waals surface area contributed by atoms with Crippen molar-refractivity contribution in [1.29, 1.82) is 0 Å². The van der Waals surface area contributed by atoms with Gasteiger partial charge >= 0.3 is 66.0 Å². The minimum absolute atomic E-state index is 0.0815. The van der Waals surface area contributed by atoms with Crippen molar-refractivity contribution in [2.75, 3.05) is 0 Å². The molecule has 0 aromatic heterocycles. The molecule has 0 saturated heterocycles. The van der Waals surface area contributed by atoms with Crippen LogP contribution in [0.5, 0.6) is 23.0 Å². The van der Waals surface area contributed by atoms with E-state index in [1.807, 2.05) is 0 Å². The summed E-state index contributed by atoms with van der Waals surface area (Å²) in [6.07, 6.45) is 7.31. The Morgan fingerprint density at radius 3 is 0.846 bits per heavy atom. The molecule has 2 heterocycles. The maximum atomic E-state index is 9.87. The molecule has 0 saturated carbocycles. The number of para-hydroxylation sites is 4. The number of fused-ring (bicyclic) bond motifs is 4. The van der Waals surface area contributed by atoms with Gasteiger partial charge in [0.2, 0.25) is 19.6 Å². The van der Waals surface area contributed by atoms with Gasteiger partial charge in [-0.05, 0) is 61.4 Å². The van der Waals surface area contributed by atoms with E-state index in [0.29, 0.717) is 10.5 Å². The molecular weight excluding hydrogens is 794 g/mol. The second-order valence-electron chi connectivity index (χ2n) is 11.9. The van der Waals surface area contributed by atoms with Crippen LogP contribution in [-0.2, 0) is 21.8 Å². The zero-order valence-electron chi connectivity index (χ0n) is 27.7. The Hall–Kier alpha value is -2.80. The normalized spacial score (nSPS) is 17.7. The molecule has 2 aliphatic heterocycles. The van der Waals surface area contributed by atoms with Gasteiger partial charge in [0, 0.05) is 12.8 Å². The van der Waals surface area contributed by atoms with E-state index in [-0.39, 0.29) is 21.8 Å². The molecule has 0 fully saturated rings. The minimum atomic E-state index is -10.7. The van der Waals surface area contributed by atoms with Crippen LogP contribution >= 0.6 is 15.6 Å². The molecule has 18 heteroatoms. The maximum absolute atomic E-state index is 10.7. The molecule has 0 unspecified atom stereocenters. The van der Waals surface area contributed by atoms with Crippen molar-refractivity contribution >= 4 is 37.4 Å². The fraction of sp³-hybridized carbons (Fsp3) is 0.294. The summed E-state index contributed by atoms with van der Waals surface area (Å²) in [5.41, 5.74) is 0. The molecule has 0 radical (unpaired) electrons. The zero-order valence-corrected chi connectivity index (χ0v) is 31.1. The van der Waals surface area contributed by atoms with Crippen molar-refractivity contribution < 1.29 is 59.8 Å². The summed E-state index contributed by atoms with van der Waals surface area (Å²) < 4.78 is 131. The van der Waals surface area contributed by atoms with Gasteiger partial charge in [0.1, 0.15) is 0 Å². The SMILES string of the molecule is CCCC[C@@H]([C@H](CCCC)[S+]1c2ccccc2Oc2ccccc21)[S+]1c2ccccc2Oc2ccccc21.F[P-](F)(F)(F)(F)F.F[P-](F)(F)(F)(F)F. The zero-order chi connectivity index (χ0) is 38.7. The first-order chi connectivity index (χ1) is 23.7. The summed E-state index contributed by atoms with van der Waals surface area (Å²) in [5, 5.41) is 1.02. The van der Waals surface area contributed by atoms with Crippen molar-refractivity contribution in [3.05, 3.63) is 97.1 Å². The van der Waals surface area contributed by atoms with Gasteiger partial charge in [0.05, 0.1) is 21.8 Å². The molecule has 2 nitrogen and oxygen atoms in total. The molecule has 290 valence electrons. The van der Waals surface area contributed by atoms with Crippen LogP contribution in [0.2, 0.25) is 0 Å². The van der Waals surface area contributed by atoms with Crippen molar-refractivity contribution in [3.63, 3.8) is 0 Å². The number of hydrogen-bond acceptors (Lipinski definition) is 2. The summed E-state index contributed by atoms with van der Waals surface area (Å²) in [6.45, 7) is 4.66. The third-order valence-electron chi connectivity index (χ3n) is 7.49. The van der Waals surface area contributed by atoms with Gasteiger partial charge in [-0.2, -0.15) is 0 Å². The summed E-state index contributed by atoms with van der Waals surface area (Å²) in [5.74, 6) is 4.12. The van der Waals surface area contributed by atoms with E-state index in [0.717, 1.165) is 23.0 Å². The standard InChI is InChI=1S/C34H36O2S2.2F6P/c1-3-5-19-33(37-29-21-11-7-15-25(29)35-26-16-8-12-22-30(26)37)34(20-6-4-2)38-31-23-13-9-17-27(31)36-28-18-10-14-24-32(28)38;2*1-7(2,3,4,5)6/h7-18,21-24,33-34H,3-6,19-20H2,1-2H3;;/q+2;2*-1/t33-,34-;;/m0../s1. The van der Waals surface area contributed by atoms with Gasteiger partial charge in [0.15, 0.2) is 33.5 Å². The number of rotatable bonds is 9. The first-order valence-corrected chi connectivity index (χ1v) is 22.6. The van der Waals surface area contributed by atoms with Gasteiger partial charge in [0.25, 0.3) is 0 Å². The van der Waals surface area contributed by atoms with E-state index in [1.165, 1.54) is 58.1 Å². The van der Waals surface area contributed by atoms with Crippen molar-refractivity contribution in [2.24, 2.45) is 0 Å². The van der Waals surface area contributed by atoms with Gasteiger partial charge in [-0.15, -0.1) is 0 Å². The van der Waals surface area contributed by atoms with Crippen LogP contribution in [0.4, 0.5) is 50.4 Å². The van der Waals surface area contributed by atoms with E-state index in [2.05, 4.69) is 111 Å². The molecule has 2 atom stereocenters. The molecule has 6 rings (SSSR count). The molecule has 0 spiro atoms. The molecule has 0 aliphatic carbocycles. The Balaban J connectivity index is 0.000000367. The molecule has 52 heavy (non-hydrogen) atoms. The topological polar surface area (TPSA) is 18.5 Å².